The van der Waals surface area contributed by atoms with Crippen LogP contribution in [0.3, 0.4) is 0 Å². The van der Waals surface area contributed by atoms with E-state index >= 15 is 0 Å². The van der Waals surface area contributed by atoms with Crippen molar-refractivity contribution in [1.29, 1.82) is 0 Å². The van der Waals surface area contributed by atoms with E-state index in [-0.39, 0.29) is 24.1 Å². The molecule has 2 aromatic carbocycles. The molecule has 5 nitrogen and oxygen atoms in total. The van der Waals surface area contributed by atoms with Gasteiger partial charge >= 0.3 is 18.6 Å². The number of carbonyl (C=O) groups excluding carboxylic acids is 1. The molecule has 0 radical (unpaired) electrons. The zero-order valence-electron chi connectivity index (χ0n) is 20.6. The number of hydrogen-bond acceptors (Lipinski definition) is 3. The number of carbonyl (C=O) groups is 1. The zero-order valence-corrected chi connectivity index (χ0v) is 22.8. The van der Waals surface area contributed by atoms with Gasteiger partial charge in [-0.1, -0.05) is 30.3 Å². The molecule has 0 unspecified atom stereocenters. The van der Waals surface area contributed by atoms with Gasteiger partial charge in [0.25, 0.3) is 0 Å². The number of ether oxygens (including phenoxy) is 1. The second kappa shape index (κ2) is 11.8. The third-order valence-corrected chi connectivity index (χ3v) is 7.05. The molecule has 2 N–H and O–H groups in total. The Balaban J connectivity index is 1.84. The smallest absolute Gasteiger partial charge is 0.428 e. The van der Waals surface area contributed by atoms with Gasteiger partial charge in [0.2, 0.25) is 5.92 Å². The van der Waals surface area contributed by atoms with Crippen LogP contribution in [-0.2, 0) is 12.0 Å². The molecule has 1 aromatic heterocycles. The second-order valence-corrected chi connectivity index (χ2v) is 10.7. The van der Waals surface area contributed by atoms with Gasteiger partial charge in [-0.15, -0.1) is 0 Å². The largest absolute Gasteiger partial charge is 0.461 e. The summed E-state index contributed by atoms with van der Waals surface area (Å²) in [6.45, 7) is 0. The molecule has 4 rings (SSSR count). The molecular weight excluding hydrogens is 658 g/mol. The van der Waals surface area contributed by atoms with E-state index in [1.165, 1.54) is 12.3 Å². The van der Waals surface area contributed by atoms with Gasteiger partial charge in [0.15, 0.2) is 0 Å². The standard InChI is InChI=1S/C27H23F7IN3O2/c28-18-10-17(11-21(12-18)40-27(33,34)23(29)30)26(13-16-4-2-1-3-5-16,22-7-6-19(35)15-36-22)38-24(39)37-20-8-9-25(31,32)14-20/h1-7,10-12,15,20,23H,8-9,13-14H2,(H2,37,38,39)/t20-,26-/m0/s1. The van der Waals surface area contributed by atoms with Crippen molar-refractivity contribution in [2.45, 2.75) is 55.7 Å². The maximum absolute atomic E-state index is 14.9. The zero-order chi connectivity index (χ0) is 29.1. The molecule has 1 saturated carbocycles. The fraction of sp³-hybridized carbons (Fsp3) is 0.333. The molecule has 1 heterocycles. The van der Waals surface area contributed by atoms with Gasteiger partial charge in [-0.3, -0.25) is 4.98 Å². The van der Waals surface area contributed by atoms with Crippen molar-refractivity contribution < 1.29 is 40.3 Å². The van der Waals surface area contributed by atoms with Gasteiger partial charge < -0.3 is 15.4 Å². The number of rotatable bonds is 9. The lowest BCUT2D eigenvalue weighted by Gasteiger charge is -2.36. The predicted octanol–water partition coefficient (Wildman–Crippen LogP) is 7.04. The number of aromatic nitrogens is 1. The molecule has 0 bridgehead atoms. The Kier molecular flexibility index (Phi) is 8.80. The van der Waals surface area contributed by atoms with Gasteiger partial charge in [-0.05, 0) is 64.4 Å². The van der Waals surface area contributed by atoms with Gasteiger partial charge in [0.1, 0.15) is 17.1 Å². The van der Waals surface area contributed by atoms with Gasteiger partial charge in [-0.25, -0.2) is 18.0 Å². The molecule has 0 spiro atoms. The van der Waals surface area contributed by atoms with Crippen LogP contribution in [0.2, 0.25) is 0 Å². The van der Waals surface area contributed by atoms with Crippen molar-refractivity contribution in [3.63, 3.8) is 0 Å². The molecule has 13 heteroatoms. The highest BCUT2D eigenvalue weighted by Crippen LogP contribution is 2.38. The summed E-state index contributed by atoms with van der Waals surface area (Å²) < 4.78 is 100. The quantitative estimate of drug-likeness (QED) is 0.188. The van der Waals surface area contributed by atoms with Crippen molar-refractivity contribution in [3.05, 3.63) is 93.1 Å². The van der Waals surface area contributed by atoms with E-state index in [2.05, 4.69) is 20.4 Å². The predicted molar refractivity (Wildman–Crippen MR) is 140 cm³/mol. The fourth-order valence-corrected chi connectivity index (χ4v) is 4.93. The van der Waals surface area contributed by atoms with Crippen LogP contribution >= 0.6 is 22.6 Å². The van der Waals surface area contributed by atoms with Crippen LogP contribution in [0.15, 0.2) is 66.9 Å². The lowest BCUT2D eigenvalue weighted by molar-refractivity contribution is -0.253. The third-order valence-electron chi connectivity index (χ3n) is 6.41. The number of pyridine rings is 1. The number of halogens is 8. The molecule has 1 aliphatic rings. The monoisotopic (exact) mass is 681 g/mol. The second-order valence-electron chi connectivity index (χ2n) is 9.46. The summed E-state index contributed by atoms with van der Waals surface area (Å²) in [5.41, 5.74) is -1.20. The minimum absolute atomic E-state index is 0.0224. The Morgan fingerprint density at radius 2 is 1.85 bits per heavy atom. The maximum Gasteiger partial charge on any atom is 0.461 e. The molecule has 0 aliphatic heterocycles. The van der Waals surface area contributed by atoms with Crippen LogP contribution < -0.4 is 15.4 Å². The van der Waals surface area contributed by atoms with E-state index in [4.69, 9.17) is 0 Å². The van der Waals surface area contributed by atoms with E-state index in [9.17, 15) is 35.5 Å². The highest BCUT2D eigenvalue weighted by molar-refractivity contribution is 14.1. The molecule has 40 heavy (non-hydrogen) atoms. The third kappa shape index (κ3) is 7.15. The summed E-state index contributed by atoms with van der Waals surface area (Å²) in [6.07, 6.45) is -8.73. The average Bonchev–Trinajstić information content (AvgIpc) is 3.21. The summed E-state index contributed by atoms with van der Waals surface area (Å²) in [5, 5.41) is 5.21. The van der Waals surface area contributed by atoms with Crippen molar-refractivity contribution in [1.82, 2.24) is 15.6 Å². The van der Waals surface area contributed by atoms with Crippen LogP contribution in [0.25, 0.3) is 0 Å². The Morgan fingerprint density at radius 1 is 1.12 bits per heavy atom. The molecule has 2 atom stereocenters. The number of alkyl halides is 6. The molecule has 2 amide bonds. The highest BCUT2D eigenvalue weighted by Gasteiger charge is 2.45. The van der Waals surface area contributed by atoms with Crippen LogP contribution in [0.5, 0.6) is 5.75 Å². The molecule has 214 valence electrons. The summed E-state index contributed by atoms with van der Waals surface area (Å²) in [6, 6.07) is 12.3. The first-order valence-corrected chi connectivity index (χ1v) is 13.1. The topological polar surface area (TPSA) is 63.2 Å². The first-order valence-electron chi connectivity index (χ1n) is 12.1. The van der Waals surface area contributed by atoms with E-state index in [0.717, 1.165) is 12.1 Å². The lowest BCUT2D eigenvalue weighted by atomic mass is 9.80. The van der Waals surface area contributed by atoms with Crippen LogP contribution in [0.4, 0.5) is 35.5 Å². The normalized spacial score (nSPS) is 18.3. The molecule has 1 aliphatic carbocycles. The fourth-order valence-electron chi connectivity index (χ4n) is 4.61. The molecule has 0 saturated heterocycles. The molecular formula is C27H23F7IN3O2. The minimum atomic E-state index is -4.92. The summed E-state index contributed by atoms with van der Waals surface area (Å²) in [7, 11) is 0. The van der Waals surface area contributed by atoms with E-state index < -0.39 is 60.5 Å². The minimum Gasteiger partial charge on any atom is -0.428 e. The number of nitrogens with one attached hydrogen (secondary N) is 2. The summed E-state index contributed by atoms with van der Waals surface area (Å²) in [5.74, 6) is -4.97. The highest BCUT2D eigenvalue weighted by atomic mass is 127. The van der Waals surface area contributed by atoms with Crippen molar-refractivity contribution >= 4 is 28.6 Å². The van der Waals surface area contributed by atoms with Gasteiger partial charge in [0.05, 0.1) is 5.69 Å². The van der Waals surface area contributed by atoms with Crippen molar-refractivity contribution in [2.75, 3.05) is 0 Å². The Bertz CT molecular complexity index is 1330. The first kappa shape index (κ1) is 29.9. The van der Waals surface area contributed by atoms with Crippen molar-refractivity contribution in [2.24, 2.45) is 0 Å². The number of urea groups is 1. The number of amides is 2. The van der Waals surface area contributed by atoms with E-state index in [1.807, 2.05) is 22.6 Å². The first-order chi connectivity index (χ1) is 18.8. The van der Waals surface area contributed by atoms with Crippen molar-refractivity contribution in [3.8, 4) is 5.75 Å². The Hall–Kier alpha value is -3.10. The number of benzene rings is 2. The Labute approximate surface area is 238 Å². The van der Waals surface area contributed by atoms with Crippen LogP contribution in [0.1, 0.15) is 36.1 Å². The average molecular weight is 681 g/mol. The summed E-state index contributed by atoms with van der Waals surface area (Å²) in [4.78, 5) is 17.7. The van der Waals surface area contributed by atoms with Gasteiger partial charge in [0, 0.05) is 41.1 Å². The van der Waals surface area contributed by atoms with E-state index in [0.29, 0.717) is 15.2 Å². The Morgan fingerprint density at radius 3 is 2.45 bits per heavy atom. The molecule has 1 fully saturated rings. The van der Waals surface area contributed by atoms with Crippen LogP contribution in [-0.4, -0.2) is 35.5 Å². The SMILES string of the molecule is O=C(N[C@H]1CCC(F)(F)C1)N[C@@](Cc1ccccc1)(c1cc(F)cc(OC(F)(F)C(F)F)c1)c1ccc(I)cn1. The van der Waals surface area contributed by atoms with E-state index in [1.54, 1.807) is 36.4 Å². The number of hydrogen-bond donors (Lipinski definition) is 2. The van der Waals surface area contributed by atoms with Crippen LogP contribution in [0, 0.1) is 9.39 Å². The molecule has 3 aromatic rings. The van der Waals surface area contributed by atoms with Gasteiger partial charge in [-0.2, -0.15) is 17.6 Å². The lowest BCUT2D eigenvalue weighted by Crippen LogP contribution is -2.54. The maximum atomic E-state index is 14.9. The summed E-state index contributed by atoms with van der Waals surface area (Å²) >= 11 is 1.99. The number of nitrogens with zero attached hydrogens (tertiary/aromatic N) is 1.